The Labute approximate surface area is 308 Å². The van der Waals surface area contributed by atoms with Crippen molar-refractivity contribution in [2.75, 3.05) is 25.6 Å². The third-order valence-corrected chi connectivity index (χ3v) is 10.1. The van der Waals surface area contributed by atoms with Crippen molar-refractivity contribution in [1.82, 2.24) is 29.7 Å². The normalized spacial score (nSPS) is 17.5. The van der Waals surface area contributed by atoms with E-state index in [9.17, 15) is 29.4 Å². The number of carboxylic acid groups (broad SMARTS) is 2. The van der Waals surface area contributed by atoms with Gasteiger partial charge in [-0.2, -0.15) is 0 Å². The minimum Gasteiger partial charge on any atom is -0.543 e. The summed E-state index contributed by atoms with van der Waals surface area (Å²) in [6.45, 7) is 2.91. The molecule has 0 aromatic carbocycles. The maximum absolute atomic E-state index is 13.4. The molecule has 2 aliphatic rings. The molecule has 1 saturated heterocycles. The largest absolute Gasteiger partial charge is 0.543 e. The van der Waals surface area contributed by atoms with E-state index in [1.165, 1.54) is 43.6 Å². The first-order chi connectivity index (χ1) is 25.1. The highest BCUT2D eigenvalue weighted by Gasteiger charge is 2.53. The van der Waals surface area contributed by atoms with Gasteiger partial charge in [0.2, 0.25) is 11.5 Å². The number of oxime groups is 1. The van der Waals surface area contributed by atoms with Gasteiger partial charge in [-0.1, -0.05) is 5.16 Å². The van der Waals surface area contributed by atoms with Gasteiger partial charge in [0.15, 0.2) is 35.6 Å². The number of hydrogen-bond donors (Lipinski definition) is 4. The number of β-lactam (4-membered cyclic amide) rings is 1. The van der Waals surface area contributed by atoms with Crippen LogP contribution in [0.4, 0.5) is 5.13 Å². The lowest BCUT2D eigenvalue weighted by molar-refractivity contribution is -0.687. The molecule has 4 aromatic heterocycles. The van der Waals surface area contributed by atoms with Crippen molar-refractivity contribution in [1.29, 1.82) is 5.41 Å². The molecule has 6 rings (SSSR count). The number of nitrogens with two attached hydrogens (primary N) is 1. The number of nitrogens with one attached hydrogen (secondary N) is 2. The molecule has 2 atom stereocenters. The van der Waals surface area contributed by atoms with Crippen LogP contribution in [0.1, 0.15) is 31.1 Å². The summed E-state index contributed by atoms with van der Waals surface area (Å²) < 4.78 is 9.28. The number of rotatable bonds is 13. The Morgan fingerprint density at radius 3 is 2.75 bits per heavy atom. The van der Waals surface area contributed by atoms with Crippen molar-refractivity contribution in [3.8, 4) is 0 Å². The Bertz CT molecular complexity index is 2240. The number of pyridine rings is 1. The first-order valence-electron chi connectivity index (χ1n) is 15.7. The van der Waals surface area contributed by atoms with Crippen LogP contribution >= 0.6 is 23.1 Å². The molecule has 6 heterocycles. The van der Waals surface area contributed by atoms with E-state index in [-0.39, 0.29) is 34.7 Å². The number of aliphatic imine (C=N–C) groups is 1. The van der Waals surface area contributed by atoms with E-state index in [1.54, 1.807) is 29.8 Å². The van der Waals surface area contributed by atoms with Crippen LogP contribution in [0.15, 0.2) is 68.2 Å². The molecule has 53 heavy (non-hydrogen) atoms. The van der Waals surface area contributed by atoms with Gasteiger partial charge in [-0.25, -0.2) is 24.3 Å². The van der Waals surface area contributed by atoms with E-state index in [1.807, 2.05) is 29.1 Å². The number of carboxylic acids is 2. The third-order valence-electron chi connectivity index (χ3n) is 8.05. The van der Waals surface area contributed by atoms with E-state index >= 15 is 0 Å². The number of aromatic nitrogens is 4. The van der Waals surface area contributed by atoms with E-state index in [2.05, 4.69) is 25.4 Å². The van der Waals surface area contributed by atoms with Gasteiger partial charge in [0.1, 0.15) is 29.1 Å². The second-order valence-electron chi connectivity index (χ2n) is 12.6. The van der Waals surface area contributed by atoms with Crippen LogP contribution in [-0.4, -0.2) is 108 Å². The van der Waals surface area contributed by atoms with Gasteiger partial charge >= 0.3 is 5.97 Å². The molecule has 0 unspecified atom stereocenters. The third kappa shape index (κ3) is 7.60. The Kier molecular flexibility index (Phi) is 10.0. The topological polar surface area (TPSA) is 262 Å². The van der Waals surface area contributed by atoms with Gasteiger partial charge in [-0.15, -0.1) is 23.1 Å². The van der Waals surface area contributed by atoms with Crippen LogP contribution in [-0.2, 0) is 37.1 Å². The fourth-order valence-corrected chi connectivity index (χ4v) is 7.21. The summed E-state index contributed by atoms with van der Waals surface area (Å²) in [6, 6.07) is 2.62. The average Bonchev–Trinajstić information content (AvgIpc) is 3.86. The molecule has 19 nitrogen and oxygen atoms in total. The molecule has 0 spiro atoms. The quantitative estimate of drug-likeness (QED) is 0.0445. The minimum absolute atomic E-state index is 0.00239. The second kappa shape index (κ2) is 14.5. The fraction of sp³-hybridized carbons (Fsp3) is 0.312. The van der Waals surface area contributed by atoms with Crippen LogP contribution < -0.4 is 20.7 Å². The summed E-state index contributed by atoms with van der Waals surface area (Å²) in [5.41, 5.74) is 4.84. The van der Waals surface area contributed by atoms with E-state index in [0.29, 0.717) is 23.7 Å². The van der Waals surface area contributed by atoms with Crippen LogP contribution in [0.5, 0.6) is 0 Å². The monoisotopic (exact) mass is 763 g/mol. The predicted octanol–water partition coefficient (Wildman–Crippen LogP) is -0.393. The highest BCUT2D eigenvalue weighted by atomic mass is 32.2. The Balaban J connectivity index is 1.16. The van der Waals surface area contributed by atoms with E-state index in [4.69, 9.17) is 20.4 Å². The number of amides is 2. The lowest BCUT2D eigenvalue weighted by atomic mass is 10.0. The van der Waals surface area contributed by atoms with Crippen molar-refractivity contribution >= 4 is 80.8 Å². The van der Waals surface area contributed by atoms with Crippen LogP contribution in [0.25, 0.3) is 10.9 Å². The second-order valence-corrected chi connectivity index (χ2v) is 14.6. The van der Waals surface area contributed by atoms with Gasteiger partial charge in [0.05, 0.1) is 35.5 Å². The van der Waals surface area contributed by atoms with Crippen molar-refractivity contribution in [2.45, 2.75) is 44.0 Å². The van der Waals surface area contributed by atoms with E-state index in [0.717, 1.165) is 27.1 Å². The molecule has 5 N–H and O–H groups in total. The summed E-state index contributed by atoms with van der Waals surface area (Å²) in [7, 11) is 3.59. The van der Waals surface area contributed by atoms with Crippen molar-refractivity contribution in [3.63, 3.8) is 0 Å². The number of amidine groups is 1. The van der Waals surface area contributed by atoms with Crippen LogP contribution in [0, 0.1) is 5.41 Å². The van der Waals surface area contributed by atoms with Crippen LogP contribution in [0.3, 0.4) is 0 Å². The zero-order chi connectivity index (χ0) is 38.2. The molecule has 21 heteroatoms. The Hall–Kier alpha value is -6.09. The highest BCUT2D eigenvalue weighted by Crippen LogP contribution is 2.40. The lowest BCUT2D eigenvalue weighted by Crippen LogP contribution is -2.71. The Morgan fingerprint density at radius 1 is 1.30 bits per heavy atom. The number of aliphatic carboxylic acids is 2. The molecular formula is C32H33N11O8S2. The zero-order valence-corrected chi connectivity index (χ0v) is 30.3. The number of thiazole rings is 1. The number of anilines is 1. The highest BCUT2D eigenvalue weighted by molar-refractivity contribution is 8.00. The predicted molar refractivity (Wildman–Crippen MR) is 190 cm³/mol. The molecular weight excluding hydrogens is 731 g/mol. The number of carbonyl (C=O) groups excluding carboxylic acids is 3. The minimum atomic E-state index is -1.79. The zero-order valence-electron chi connectivity index (χ0n) is 28.7. The van der Waals surface area contributed by atoms with Gasteiger partial charge < -0.3 is 44.8 Å². The Morgan fingerprint density at radius 2 is 2.08 bits per heavy atom. The number of fused-ring (bicyclic) bond motifs is 2. The average molecular weight is 764 g/mol. The maximum Gasteiger partial charge on any atom is 0.350 e. The van der Waals surface area contributed by atoms with Crippen molar-refractivity contribution < 1.29 is 43.2 Å². The number of hydrogen-bond acceptors (Lipinski definition) is 14. The molecule has 0 radical (unpaired) electrons. The first-order valence-corrected chi connectivity index (χ1v) is 17.7. The van der Waals surface area contributed by atoms with E-state index < -0.39 is 46.5 Å². The maximum atomic E-state index is 13.4. The lowest BCUT2D eigenvalue weighted by Gasteiger charge is -2.50. The number of carbonyl (C=O) groups is 4. The number of oxazole rings is 1. The summed E-state index contributed by atoms with van der Waals surface area (Å²) in [5.74, 6) is -3.87. The first kappa shape index (κ1) is 36.7. The fourth-order valence-electron chi connectivity index (χ4n) is 5.33. The van der Waals surface area contributed by atoms with Gasteiger partial charge in [0, 0.05) is 43.1 Å². The smallest absolute Gasteiger partial charge is 0.350 e. The van der Waals surface area contributed by atoms with Crippen LogP contribution in [0.2, 0.25) is 0 Å². The standard InChI is InChI=1S/C32H33N11O8S2/c1-32(2,30(48)49)51-39-22(19-14-53-31(34)37-19)26(44)38-23-27(45)43-24(29(46)47)17(13-52-28(23)43)10-41-7-6-20-16(9-41)5-8-42(20)11-21-36-18(12-50-21)25(33)35-15-40(3)4/h5-9,12,14-15,23,28,33H,10-11,13H2,1-4H3,(H4-,34,37,38,44,46,47,48,49)/b33-25?,35-15+,39-22-/t23-,28-/m1/s1. The molecule has 0 bridgehead atoms. The van der Waals surface area contributed by atoms with Crippen molar-refractivity contribution in [3.05, 3.63) is 70.9 Å². The SMILES string of the molecule is CN(C)/C=N/C(=N)c1coc(Cn2ccc3c[n+](CC4=C(C(=O)[O-])N5C(=O)[C@@H](NC(=O)/C(=N\OC(C)(C)C(=O)O)c6csc(N)n6)[C@H]5SC4)ccc32)n1. The molecule has 276 valence electrons. The number of nitrogen functional groups attached to an aromatic ring is 1. The molecule has 0 saturated carbocycles. The molecule has 4 aromatic rings. The summed E-state index contributed by atoms with van der Waals surface area (Å²) in [4.78, 5) is 71.1. The number of thioether (sulfide) groups is 1. The molecule has 1 fully saturated rings. The molecule has 0 aliphatic carbocycles. The van der Waals surface area contributed by atoms with Gasteiger partial charge in [-0.05, 0) is 19.9 Å². The molecule has 2 aliphatic heterocycles. The molecule has 2 amide bonds. The van der Waals surface area contributed by atoms with Gasteiger partial charge in [0.25, 0.3) is 11.8 Å². The van der Waals surface area contributed by atoms with Crippen molar-refractivity contribution in [2.24, 2.45) is 10.1 Å². The number of nitrogens with zero attached hydrogens (tertiary/aromatic N) is 8. The summed E-state index contributed by atoms with van der Waals surface area (Å²) >= 11 is 2.28. The summed E-state index contributed by atoms with van der Waals surface area (Å²) in [5, 5.41) is 37.8. The summed E-state index contributed by atoms with van der Waals surface area (Å²) in [6.07, 6.45) is 8.36. The van der Waals surface area contributed by atoms with Gasteiger partial charge in [-0.3, -0.25) is 19.9 Å².